The van der Waals surface area contributed by atoms with Crippen LogP contribution in [0.2, 0.25) is 15.1 Å². The lowest BCUT2D eigenvalue weighted by Crippen LogP contribution is -2.43. The van der Waals surface area contributed by atoms with E-state index < -0.39 is 32.4 Å². The van der Waals surface area contributed by atoms with E-state index in [0.717, 1.165) is 12.1 Å². The number of nitrogens with one attached hydrogen (secondary N) is 1. The van der Waals surface area contributed by atoms with Gasteiger partial charge in [-0.3, -0.25) is 4.72 Å². The van der Waals surface area contributed by atoms with E-state index in [2.05, 4.69) is 15.8 Å². The molecule has 2 heterocycles. The summed E-state index contributed by atoms with van der Waals surface area (Å²) in [5, 5.41) is 20.9. The predicted octanol–water partition coefficient (Wildman–Crippen LogP) is 6.84. The first-order chi connectivity index (χ1) is 18.6. The molecule has 0 atom stereocenters. The van der Waals surface area contributed by atoms with Crippen molar-refractivity contribution in [3.05, 3.63) is 79.4 Å². The van der Waals surface area contributed by atoms with Crippen LogP contribution in [0, 0.1) is 25.2 Å². The first-order valence-electron chi connectivity index (χ1n) is 11.8. The summed E-state index contributed by atoms with van der Waals surface area (Å²) in [4.78, 5) is 6.03. The number of halogens is 6. The molecule has 7 nitrogen and oxygen atoms in total. The summed E-state index contributed by atoms with van der Waals surface area (Å²) in [5.41, 5.74) is -1.65. The summed E-state index contributed by atoms with van der Waals surface area (Å²) in [6, 6.07) is 9.36. The molecule has 0 spiro atoms. The molecule has 1 saturated heterocycles. The van der Waals surface area contributed by atoms with E-state index in [0.29, 0.717) is 5.56 Å². The Balaban J connectivity index is 1.62. The highest BCUT2D eigenvalue weighted by Crippen LogP contribution is 2.41. The quantitative estimate of drug-likeness (QED) is 0.319. The summed E-state index contributed by atoms with van der Waals surface area (Å²) in [7, 11) is -4.16. The Morgan fingerprint density at radius 3 is 2.30 bits per heavy atom. The topological polar surface area (TPSA) is 106 Å². The average Bonchev–Trinajstić information content (AvgIpc) is 2.86. The Bertz CT molecular complexity index is 1630. The third kappa shape index (κ3) is 5.83. The molecule has 40 heavy (non-hydrogen) atoms. The molecule has 14 heteroatoms. The lowest BCUT2D eigenvalue weighted by molar-refractivity contribution is -0.137. The number of hydrogen-bond donors (Lipinski definition) is 2. The number of hydrogen-bond acceptors (Lipinski definition) is 6. The van der Waals surface area contributed by atoms with Gasteiger partial charge >= 0.3 is 6.18 Å². The first kappa shape index (κ1) is 30.2. The maximum Gasteiger partial charge on any atom is 0.417 e. The van der Waals surface area contributed by atoms with Gasteiger partial charge < -0.3 is 10.0 Å². The van der Waals surface area contributed by atoms with E-state index in [9.17, 15) is 32.0 Å². The molecule has 212 valence electrons. The van der Waals surface area contributed by atoms with Crippen LogP contribution in [0.3, 0.4) is 0 Å². The molecule has 3 aromatic rings. The maximum atomic E-state index is 13.4. The highest BCUT2D eigenvalue weighted by atomic mass is 35.5. The summed E-state index contributed by atoms with van der Waals surface area (Å²) in [6.45, 7) is 3.50. The molecular formula is C26H22Cl3F3N4O3S. The van der Waals surface area contributed by atoms with Gasteiger partial charge in [-0.05, 0) is 68.1 Å². The third-order valence-corrected chi connectivity index (χ3v) is 9.24. The van der Waals surface area contributed by atoms with Crippen LogP contribution in [0.4, 0.5) is 24.7 Å². The Hall–Kier alpha value is -2.75. The molecule has 0 unspecified atom stereocenters. The number of aliphatic hydroxyl groups is 1. The van der Waals surface area contributed by atoms with Crippen LogP contribution in [0.25, 0.3) is 0 Å². The second-order valence-corrected chi connectivity index (χ2v) is 12.3. The predicted molar refractivity (Wildman–Crippen MR) is 147 cm³/mol. The van der Waals surface area contributed by atoms with E-state index in [-0.39, 0.29) is 69.2 Å². The molecule has 0 bridgehead atoms. The number of alkyl halides is 3. The number of rotatable bonds is 5. The van der Waals surface area contributed by atoms with Crippen LogP contribution in [-0.2, 0) is 21.8 Å². The van der Waals surface area contributed by atoms with Crippen molar-refractivity contribution >= 4 is 56.3 Å². The first-order valence-corrected chi connectivity index (χ1v) is 14.4. The zero-order chi connectivity index (χ0) is 29.6. The van der Waals surface area contributed by atoms with E-state index in [1.807, 2.05) is 0 Å². The van der Waals surface area contributed by atoms with E-state index >= 15 is 0 Å². The van der Waals surface area contributed by atoms with Crippen LogP contribution >= 0.6 is 34.8 Å². The molecule has 2 aromatic carbocycles. The van der Waals surface area contributed by atoms with Crippen molar-refractivity contribution in [1.29, 1.82) is 5.26 Å². The minimum atomic E-state index is -4.67. The van der Waals surface area contributed by atoms with E-state index in [1.165, 1.54) is 24.3 Å². The number of pyridine rings is 1. The molecule has 2 N–H and O–H groups in total. The monoisotopic (exact) mass is 632 g/mol. The van der Waals surface area contributed by atoms with Crippen LogP contribution in [0.15, 0.2) is 41.3 Å². The number of aromatic nitrogens is 1. The Kier molecular flexibility index (Phi) is 8.24. The minimum Gasteiger partial charge on any atom is -0.385 e. The SMILES string of the molecule is Cc1nc(N2CCC(O)(c3ccc(Cl)c(C(F)(F)F)c3)CC2)c(C#N)c(C)c1NS(=O)(=O)c1ccc(Cl)cc1Cl. The lowest BCUT2D eigenvalue weighted by atomic mass is 9.83. The minimum absolute atomic E-state index is 0.0556. The van der Waals surface area contributed by atoms with Crippen molar-refractivity contribution < 1.29 is 26.7 Å². The zero-order valence-electron chi connectivity index (χ0n) is 21.1. The van der Waals surface area contributed by atoms with Crippen LogP contribution in [0.1, 0.15) is 40.8 Å². The van der Waals surface area contributed by atoms with Crippen molar-refractivity contribution in [3.63, 3.8) is 0 Å². The normalized spacial score (nSPS) is 15.6. The van der Waals surface area contributed by atoms with Crippen molar-refractivity contribution in [1.82, 2.24) is 4.98 Å². The van der Waals surface area contributed by atoms with Gasteiger partial charge in [0.2, 0.25) is 0 Å². The molecule has 0 saturated carbocycles. The van der Waals surface area contributed by atoms with Crippen molar-refractivity contribution in [2.24, 2.45) is 0 Å². The molecule has 0 amide bonds. The second kappa shape index (κ2) is 10.9. The number of nitriles is 1. The van der Waals surface area contributed by atoms with Gasteiger partial charge in [-0.15, -0.1) is 0 Å². The number of sulfonamides is 1. The smallest absolute Gasteiger partial charge is 0.385 e. The fraction of sp³-hybridized carbons (Fsp3) is 0.308. The fourth-order valence-corrected chi connectivity index (χ4v) is 6.82. The molecule has 1 aromatic heterocycles. The molecule has 1 fully saturated rings. The van der Waals surface area contributed by atoms with E-state index in [4.69, 9.17) is 34.8 Å². The number of nitrogens with zero attached hydrogens (tertiary/aromatic N) is 3. The van der Waals surface area contributed by atoms with Crippen molar-refractivity contribution in [2.75, 3.05) is 22.7 Å². The van der Waals surface area contributed by atoms with Gasteiger partial charge in [-0.1, -0.05) is 40.9 Å². The summed E-state index contributed by atoms with van der Waals surface area (Å²) < 4.78 is 68.7. The summed E-state index contributed by atoms with van der Waals surface area (Å²) >= 11 is 17.7. The van der Waals surface area contributed by atoms with Gasteiger partial charge in [-0.2, -0.15) is 18.4 Å². The Morgan fingerprint density at radius 1 is 1.07 bits per heavy atom. The third-order valence-electron chi connectivity index (χ3n) is 6.84. The standard InChI is InChI=1S/C26H22Cl3F3N4O3S/c1-14-18(13-33)24(34-15(2)23(14)35-40(38,39)22-6-4-17(27)12-21(22)29)36-9-7-25(37,8-10-36)16-3-5-20(28)19(11-16)26(30,31)32/h3-6,11-12,35,37H,7-10H2,1-2H3. The van der Waals surface area contributed by atoms with Gasteiger partial charge in [-0.25, -0.2) is 13.4 Å². The molecule has 0 aliphatic carbocycles. The van der Waals surface area contributed by atoms with Crippen LogP contribution < -0.4 is 9.62 Å². The van der Waals surface area contributed by atoms with Crippen molar-refractivity contribution in [2.45, 2.75) is 43.4 Å². The van der Waals surface area contributed by atoms with Gasteiger partial charge in [0.05, 0.1) is 38.2 Å². The average molecular weight is 634 g/mol. The van der Waals surface area contributed by atoms with Crippen LogP contribution in [0.5, 0.6) is 0 Å². The maximum absolute atomic E-state index is 13.4. The summed E-state index contributed by atoms with van der Waals surface area (Å²) in [6.07, 6.45) is -4.56. The van der Waals surface area contributed by atoms with Gasteiger partial charge in [0.15, 0.2) is 0 Å². The van der Waals surface area contributed by atoms with Crippen LogP contribution in [-0.4, -0.2) is 31.6 Å². The molecule has 4 rings (SSSR count). The number of piperidine rings is 1. The van der Waals surface area contributed by atoms with Crippen molar-refractivity contribution in [3.8, 4) is 6.07 Å². The van der Waals surface area contributed by atoms with Gasteiger partial charge in [0, 0.05) is 18.1 Å². The molecule has 1 aliphatic rings. The molecular weight excluding hydrogens is 612 g/mol. The summed E-state index contributed by atoms with van der Waals surface area (Å²) in [5.74, 6) is 0.277. The Labute approximate surface area is 244 Å². The highest BCUT2D eigenvalue weighted by Gasteiger charge is 2.39. The Morgan fingerprint density at radius 2 is 1.73 bits per heavy atom. The second-order valence-electron chi connectivity index (χ2n) is 9.40. The van der Waals surface area contributed by atoms with Gasteiger partial charge in [0.25, 0.3) is 10.0 Å². The molecule has 1 aliphatic heterocycles. The number of anilines is 2. The fourth-order valence-electron chi connectivity index (χ4n) is 4.64. The number of aryl methyl sites for hydroxylation is 1. The van der Waals surface area contributed by atoms with Gasteiger partial charge in [0.1, 0.15) is 16.8 Å². The largest absolute Gasteiger partial charge is 0.417 e. The van der Waals surface area contributed by atoms with E-state index in [1.54, 1.807) is 18.7 Å². The molecule has 0 radical (unpaired) electrons. The highest BCUT2D eigenvalue weighted by molar-refractivity contribution is 7.92. The number of benzene rings is 2. The lowest BCUT2D eigenvalue weighted by Gasteiger charge is -2.40. The zero-order valence-corrected chi connectivity index (χ0v) is 24.2.